The number of amides is 1. The van der Waals surface area contributed by atoms with E-state index in [1.807, 2.05) is 24.3 Å². The van der Waals surface area contributed by atoms with Gasteiger partial charge in [-0.25, -0.2) is 0 Å². The first-order valence-electron chi connectivity index (χ1n) is 5.57. The fourth-order valence-corrected chi connectivity index (χ4v) is 2.56. The number of rotatable bonds is 3. The van der Waals surface area contributed by atoms with Gasteiger partial charge in [0.25, 0.3) is 0 Å². The zero-order valence-electron chi connectivity index (χ0n) is 9.40. The highest BCUT2D eigenvalue weighted by molar-refractivity contribution is 9.09. The van der Waals surface area contributed by atoms with E-state index in [1.54, 1.807) is 4.90 Å². The average molecular weight is 293 g/mol. The molecule has 0 saturated carbocycles. The first kappa shape index (κ1) is 12.1. The Kier molecular flexibility index (Phi) is 3.80. The molecule has 1 heterocycles. The Morgan fingerprint density at radius 2 is 2.24 bits per heavy atom. The maximum Gasteiger partial charge on any atom is 0.227 e. The number of hydrogen-bond acceptors (Lipinski definition) is 2. The largest absolute Gasteiger partial charge is 0.312 e. The van der Waals surface area contributed by atoms with Crippen LogP contribution in [0, 0.1) is 17.2 Å². The lowest BCUT2D eigenvalue weighted by atomic mass is 10.1. The number of carbonyl (C=O) groups excluding carboxylic acids is 1. The number of para-hydroxylation sites is 1. The maximum atomic E-state index is 11.9. The molecule has 0 bridgehead atoms. The van der Waals surface area contributed by atoms with Crippen LogP contribution in [0.1, 0.15) is 12.0 Å². The van der Waals surface area contributed by atoms with E-state index in [0.29, 0.717) is 18.8 Å². The lowest BCUT2D eigenvalue weighted by molar-refractivity contribution is -0.117. The molecule has 17 heavy (non-hydrogen) atoms. The molecule has 1 aromatic carbocycles. The molecule has 0 radical (unpaired) electrons. The van der Waals surface area contributed by atoms with E-state index in [-0.39, 0.29) is 5.91 Å². The molecule has 0 aliphatic carbocycles. The summed E-state index contributed by atoms with van der Waals surface area (Å²) in [6.07, 6.45) is 0.936. The first-order chi connectivity index (χ1) is 8.26. The Morgan fingerprint density at radius 1 is 1.47 bits per heavy atom. The fraction of sp³-hybridized carbons (Fsp3) is 0.385. The van der Waals surface area contributed by atoms with E-state index in [1.165, 1.54) is 0 Å². The van der Waals surface area contributed by atoms with Crippen LogP contribution in [0.4, 0.5) is 5.69 Å². The average Bonchev–Trinajstić information content (AvgIpc) is 2.72. The molecule has 88 valence electrons. The number of carbonyl (C=O) groups is 1. The normalized spacial score (nSPS) is 19.4. The Bertz CT molecular complexity index is 467. The van der Waals surface area contributed by atoms with Gasteiger partial charge in [0.15, 0.2) is 0 Å². The minimum absolute atomic E-state index is 0.153. The number of alkyl halides is 1. The number of anilines is 1. The predicted octanol–water partition coefficient (Wildman–Crippen LogP) is 2.50. The van der Waals surface area contributed by atoms with Crippen molar-refractivity contribution in [3.63, 3.8) is 0 Å². The van der Waals surface area contributed by atoms with E-state index in [4.69, 9.17) is 5.26 Å². The molecule has 1 amide bonds. The summed E-state index contributed by atoms with van der Waals surface area (Å²) >= 11 is 3.42. The summed E-state index contributed by atoms with van der Waals surface area (Å²) in [5, 5.41) is 9.63. The third-order valence-electron chi connectivity index (χ3n) is 2.98. The van der Waals surface area contributed by atoms with E-state index in [0.717, 1.165) is 23.1 Å². The predicted molar refractivity (Wildman–Crippen MR) is 70.0 cm³/mol. The van der Waals surface area contributed by atoms with E-state index >= 15 is 0 Å². The number of hydrogen-bond donors (Lipinski definition) is 0. The molecule has 3 nitrogen and oxygen atoms in total. The number of halogens is 1. The summed E-state index contributed by atoms with van der Waals surface area (Å²) in [5.41, 5.74) is 1.82. The van der Waals surface area contributed by atoms with Gasteiger partial charge in [-0.1, -0.05) is 34.1 Å². The summed E-state index contributed by atoms with van der Waals surface area (Å²) in [7, 11) is 0. The molecule has 0 spiro atoms. The molecule has 0 N–H and O–H groups in total. The van der Waals surface area contributed by atoms with E-state index < -0.39 is 0 Å². The zero-order chi connectivity index (χ0) is 12.3. The Morgan fingerprint density at radius 3 is 2.88 bits per heavy atom. The topological polar surface area (TPSA) is 44.1 Å². The second-order valence-electron chi connectivity index (χ2n) is 4.19. The van der Waals surface area contributed by atoms with Crippen molar-refractivity contribution >= 4 is 27.5 Å². The van der Waals surface area contributed by atoms with Crippen LogP contribution < -0.4 is 4.90 Å². The second-order valence-corrected chi connectivity index (χ2v) is 4.84. The van der Waals surface area contributed by atoms with Crippen molar-refractivity contribution in [3.8, 4) is 6.07 Å². The molecule has 4 heteroatoms. The van der Waals surface area contributed by atoms with Gasteiger partial charge in [-0.3, -0.25) is 4.79 Å². The summed E-state index contributed by atoms with van der Waals surface area (Å²) in [5.74, 6) is 0.525. The molecule has 1 atom stereocenters. The number of nitriles is 1. The quantitative estimate of drug-likeness (QED) is 0.804. The van der Waals surface area contributed by atoms with Crippen molar-refractivity contribution in [3.05, 3.63) is 29.8 Å². The van der Waals surface area contributed by atoms with Crippen molar-refractivity contribution in [2.24, 2.45) is 5.92 Å². The van der Waals surface area contributed by atoms with Gasteiger partial charge in [0, 0.05) is 24.0 Å². The van der Waals surface area contributed by atoms with E-state index in [2.05, 4.69) is 22.0 Å². The molecule has 1 aliphatic rings. The second kappa shape index (κ2) is 5.33. The van der Waals surface area contributed by atoms with Crippen LogP contribution in [0.25, 0.3) is 0 Å². The van der Waals surface area contributed by atoms with Gasteiger partial charge >= 0.3 is 0 Å². The van der Waals surface area contributed by atoms with Crippen molar-refractivity contribution in [1.82, 2.24) is 0 Å². The van der Waals surface area contributed by atoms with Gasteiger partial charge in [0.05, 0.1) is 12.5 Å². The van der Waals surface area contributed by atoms with Crippen LogP contribution >= 0.6 is 15.9 Å². The summed E-state index contributed by atoms with van der Waals surface area (Å²) in [6, 6.07) is 9.78. The van der Waals surface area contributed by atoms with Crippen molar-refractivity contribution in [2.75, 3.05) is 16.8 Å². The van der Waals surface area contributed by atoms with Crippen LogP contribution in [0.2, 0.25) is 0 Å². The van der Waals surface area contributed by atoms with Crippen molar-refractivity contribution in [2.45, 2.75) is 12.8 Å². The van der Waals surface area contributed by atoms with Gasteiger partial charge in [-0.05, 0) is 17.5 Å². The highest BCUT2D eigenvalue weighted by Crippen LogP contribution is 2.28. The Hall–Kier alpha value is -1.34. The highest BCUT2D eigenvalue weighted by Gasteiger charge is 2.30. The molecule has 2 rings (SSSR count). The number of nitrogens with zero attached hydrogens (tertiary/aromatic N) is 2. The minimum atomic E-state index is 0.153. The Labute approximate surface area is 109 Å². The van der Waals surface area contributed by atoms with Crippen LogP contribution in [0.5, 0.6) is 0 Å². The van der Waals surface area contributed by atoms with Gasteiger partial charge in [-0.15, -0.1) is 0 Å². The molecular formula is C13H13BrN2O. The van der Waals surface area contributed by atoms with Gasteiger partial charge in [0.2, 0.25) is 5.91 Å². The molecular weight excluding hydrogens is 280 g/mol. The van der Waals surface area contributed by atoms with Gasteiger partial charge in [-0.2, -0.15) is 5.26 Å². The van der Waals surface area contributed by atoms with Gasteiger partial charge in [0.1, 0.15) is 0 Å². The number of benzene rings is 1. The summed E-state index contributed by atoms with van der Waals surface area (Å²) < 4.78 is 0. The maximum absolute atomic E-state index is 11.9. The molecule has 0 aromatic heterocycles. The summed E-state index contributed by atoms with van der Waals surface area (Å²) in [6.45, 7) is 0.743. The molecule has 1 fully saturated rings. The molecule has 1 saturated heterocycles. The van der Waals surface area contributed by atoms with Crippen molar-refractivity contribution in [1.29, 1.82) is 5.26 Å². The third kappa shape index (κ3) is 2.50. The standard InChI is InChI=1S/C13H13BrN2O/c14-8-10-7-13(17)16(9-10)12-4-2-1-3-11(12)5-6-15/h1-4,10H,5,7-9H2. The van der Waals surface area contributed by atoms with Crippen LogP contribution in [-0.4, -0.2) is 17.8 Å². The Balaban J connectivity index is 2.28. The lowest BCUT2D eigenvalue weighted by Gasteiger charge is -2.19. The van der Waals surface area contributed by atoms with Crippen LogP contribution in [0.15, 0.2) is 24.3 Å². The van der Waals surface area contributed by atoms with Crippen molar-refractivity contribution < 1.29 is 4.79 Å². The van der Waals surface area contributed by atoms with E-state index in [9.17, 15) is 4.79 Å². The molecule has 1 aromatic rings. The fourth-order valence-electron chi connectivity index (χ4n) is 2.13. The van der Waals surface area contributed by atoms with Gasteiger partial charge < -0.3 is 4.90 Å². The SMILES string of the molecule is N#CCc1ccccc1N1CC(CBr)CC1=O. The first-order valence-corrected chi connectivity index (χ1v) is 6.69. The third-order valence-corrected chi connectivity index (χ3v) is 3.89. The monoisotopic (exact) mass is 292 g/mol. The smallest absolute Gasteiger partial charge is 0.227 e. The van der Waals surface area contributed by atoms with Crippen LogP contribution in [0.3, 0.4) is 0 Å². The molecule has 1 aliphatic heterocycles. The molecule has 1 unspecified atom stereocenters. The lowest BCUT2D eigenvalue weighted by Crippen LogP contribution is -2.25. The summed E-state index contributed by atoms with van der Waals surface area (Å²) in [4.78, 5) is 13.7. The highest BCUT2D eigenvalue weighted by atomic mass is 79.9. The van der Waals surface area contributed by atoms with Crippen LogP contribution in [-0.2, 0) is 11.2 Å². The minimum Gasteiger partial charge on any atom is -0.312 e. The zero-order valence-corrected chi connectivity index (χ0v) is 11.0.